The summed E-state index contributed by atoms with van der Waals surface area (Å²) in [6, 6.07) is 6.71. The zero-order valence-electron chi connectivity index (χ0n) is 11.0. The molecular weight excluding hydrogens is 304 g/mol. The highest BCUT2D eigenvalue weighted by Gasteiger charge is 2.32. The van der Waals surface area contributed by atoms with Gasteiger partial charge in [-0.1, -0.05) is 12.1 Å². The van der Waals surface area contributed by atoms with E-state index in [1.807, 2.05) is 0 Å². The normalized spacial score (nSPS) is 13.7. The second kappa shape index (κ2) is 6.15. The van der Waals surface area contributed by atoms with Crippen molar-refractivity contribution in [1.29, 1.82) is 0 Å². The average Bonchev–Trinajstić information content (AvgIpc) is 2.45. The molecule has 7 heteroatoms. The summed E-state index contributed by atoms with van der Waals surface area (Å²) in [4.78, 5) is 11.3. The summed E-state index contributed by atoms with van der Waals surface area (Å²) in [7, 11) is 0. The molecule has 116 valence electrons. The first-order valence-corrected chi connectivity index (χ1v) is 6.06. The fourth-order valence-corrected chi connectivity index (χ4v) is 1.97. The Balaban J connectivity index is 2.43. The lowest BCUT2D eigenvalue weighted by molar-refractivity contribution is -0.121. The molecule has 0 spiro atoms. The van der Waals surface area contributed by atoms with E-state index in [0.29, 0.717) is 6.07 Å². The van der Waals surface area contributed by atoms with E-state index in [1.54, 1.807) is 0 Å². The molecule has 0 amide bonds. The van der Waals surface area contributed by atoms with E-state index >= 15 is 0 Å². The summed E-state index contributed by atoms with van der Waals surface area (Å²) >= 11 is 0. The van der Waals surface area contributed by atoms with Crippen LogP contribution in [0.25, 0.3) is 0 Å². The minimum absolute atomic E-state index is 0.0471. The Morgan fingerprint density at radius 2 is 1.55 bits per heavy atom. The molecule has 0 fully saturated rings. The molecule has 0 aliphatic rings. The van der Waals surface area contributed by atoms with Crippen molar-refractivity contribution in [3.8, 4) is 5.75 Å². The van der Waals surface area contributed by atoms with Crippen molar-refractivity contribution in [1.82, 2.24) is 0 Å². The van der Waals surface area contributed by atoms with E-state index < -0.39 is 23.8 Å². The Bertz CT molecular complexity index is 653. The first kappa shape index (κ1) is 16.0. The Kier molecular flexibility index (Phi) is 4.46. The molecule has 22 heavy (non-hydrogen) atoms. The number of rotatable bonds is 5. The van der Waals surface area contributed by atoms with Crippen LogP contribution >= 0.6 is 0 Å². The molecular formula is C15H10F4O3. The first-order valence-electron chi connectivity index (χ1n) is 6.06. The molecule has 0 bridgehead atoms. The van der Waals surface area contributed by atoms with Crippen LogP contribution in [0.4, 0.5) is 17.6 Å². The highest BCUT2D eigenvalue weighted by molar-refractivity contribution is 5.72. The maximum absolute atomic E-state index is 13.2. The van der Waals surface area contributed by atoms with Gasteiger partial charge >= 0.3 is 6.61 Å². The molecule has 1 atom stereocenters. The largest absolute Gasteiger partial charge is 0.435 e. The zero-order chi connectivity index (χ0) is 16.3. The van der Waals surface area contributed by atoms with Crippen molar-refractivity contribution in [2.24, 2.45) is 0 Å². The Morgan fingerprint density at radius 3 is 2.00 bits per heavy atom. The number of carbonyl (C=O) groups is 1. The van der Waals surface area contributed by atoms with Crippen LogP contribution in [-0.2, 0) is 10.4 Å². The number of aliphatic hydroxyl groups is 1. The van der Waals surface area contributed by atoms with E-state index in [0.717, 1.165) is 36.4 Å². The number of aldehydes is 1. The predicted octanol–water partition coefficient (Wildman–Crippen LogP) is 3.00. The fraction of sp³-hybridized carbons (Fsp3) is 0.133. The Labute approximate surface area is 122 Å². The molecule has 0 aromatic heterocycles. The molecule has 0 saturated carbocycles. The van der Waals surface area contributed by atoms with Crippen molar-refractivity contribution in [3.05, 3.63) is 65.2 Å². The third-order valence-corrected chi connectivity index (χ3v) is 2.99. The molecule has 0 aliphatic carbocycles. The number of hydrogen-bond donors (Lipinski definition) is 1. The van der Waals surface area contributed by atoms with Crippen LogP contribution in [0.15, 0.2) is 42.5 Å². The number of halogens is 4. The molecule has 3 nitrogen and oxygen atoms in total. The second-order valence-corrected chi connectivity index (χ2v) is 4.45. The third kappa shape index (κ3) is 3.25. The summed E-state index contributed by atoms with van der Waals surface area (Å²) in [5.74, 6) is -2.11. The molecule has 0 radical (unpaired) electrons. The van der Waals surface area contributed by atoms with Crippen LogP contribution in [-0.4, -0.2) is 18.0 Å². The summed E-state index contributed by atoms with van der Waals surface area (Å²) in [6.07, 6.45) is 0.101. The van der Waals surface area contributed by atoms with Crippen LogP contribution in [0.5, 0.6) is 5.75 Å². The number of benzene rings is 2. The lowest BCUT2D eigenvalue weighted by Crippen LogP contribution is -2.29. The number of alkyl halides is 2. The Hall–Kier alpha value is -2.41. The molecule has 1 unspecified atom stereocenters. The predicted molar refractivity (Wildman–Crippen MR) is 68.5 cm³/mol. The maximum Gasteiger partial charge on any atom is 0.387 e. The lowest BCUT2D eigenvalue weighted by Gasteiger charge is -2.23. The smallest absolute Gasteiger partial charge is 0.387 e. The first-order chi connectivity index (χ1) is 10.3. The Morgan fingerprint density at radius 1 is 1.00 bits per heavy atom. The van der Waals surface area contributed by atoms with Crippen LogP contribution in [0.3, 0.4) is 0 Å². The summed E-state index contributed by atoms with van der Waals surface area (Å²) in [6.45, 7) is -3.02. The quantitative estimate of drug-likeness (QED) is 0.682. The molecule has 1 N–H and O–H groups in total. The highest BCUT2D eigenvalue weighted by atomic mass is 19.3. The zero-order valence-corrected chi connectivity index (χ0v) is 11.0. The molecule has 0 saturated heterocycles. The van der Waals surface area contributed by atoms with Gasteiger partial charge in [-0.2, -0.15) is 8.78 Å². The summed E-state index contributed by atoms with van der Waals surface area (Å²) < 4.78 is 54.8. The van der Waals surface area contributed by atoms with Gasteiger partial charge in [-0.15, -0.1) is 0 Å². The average molecular weight is 314 g/mol. The molecule has 0 aliphatic heterocycles. The fourth-order valence-electron chi connectivity index (χ4n) is 1.97. The van der Waals surface area contributed by atoms with E-state index in [9.17, 15) is 27.5 Å². The van der Waals surface area contributed by atoms with Crippen molar-refractivity contribution in [3.63, 3.8) is 0 Å². The van der Waals surface area contributed by atoms with Gasteiger partial charge in [0, 0.05) is 11.6 Å². The van der Waals surface area contributed by atoms with E-state index in [4.69, 9.17) is 0 Å². The van der Waals surface area contributed by atoms with Crippen LogP contribution < -0.4 is 4.74 Å². The van der Waals surface area contributed by atoms with E-state index in [1.165, 1.54) is 0 Å². The van der Waals surface area contributed by atoms with Crippen LogP contribution in [0.1, 0.15) is 11.1 Å². The van der Waals surface area contributed by atoms with Gasteiger partial charge in [0.05, 0.1) is 0 Å². The van der Waals surface area contributed by atoms with Crippen molar-refractivity contribution in [2.75, 3.05) is 0 Å². The summed E-state index contributed by atoms with van der Waals surface area (Å²) in [5.41, 5.74) is -2.68. The maximum atomic E-state index is 13.2. The lowest BCUT2D eigenvalue weighted by atomic mass is 9.87. The summed E-state index contributed by atoms with van der Waals surface area (Å²) in [5, 5.41) is 10.4. The molecule has 2 aromatic carbocycles. The molecule has 2 rings (SSSR count). The van der Waals surface area contributed by atoms with Gasteiger partial charge in [0.15, 0.2) is 11.9 Å². The van der Waals surface area contributed by atoms with Crippen LogP contribution in [0.2, 0.25) is 0 Å². The van der Waals surface area contributed by atoms with Gasteiger partial charge in [-0.3, -0.25) is 4.79 Å². The van der Waals surface area contributed by atoms with E-state index in [2.05, 4.69) is 4.74 Å². The highest BCUT2D eigenvalue weighted by Crippen LogP contribution is 2.30. The van der Waals surface area contributed by atoms with Crippen molar-refractivity contribution in [2.45, 2.75) is 12.2 Å². The van der Waals surface area contributed by atoms with Gasteiger partial charge < -0.3 is 9.84 Å². The number of ether oxygens (including phenoxy) is 1. The number of carbonyl (C=O) groups excluding carboxylic acids is 1. The minimum Gasteiger partial charge on any atom is -0.435 e. The number of hydrogen-bond acceptors (Lipinski definition) is 3. The topological polar surface area (TPSA) is 46.5 Å². The minimum atomic E-state index is -3.02. The second-order valence-electron chi connectivity index (χ2n) is 4.45. The molecule has 0 heterocycles. The standard InChI is InChI=1S/C15H10F4O3/c16-11-5-10(6-12(17)7-11)15(21,8-20)9-1-3-13(4-2-9)22-14(18)19/h1-8,14,21H. The molecule has 2 aromatic rings. The monoisotopic (exact) mass is 314 g/mol. The SMILES string of the molecule is O=CC(O)(c1ccc(OC(F)F)cc1)c1cc(F)cc(F)c1. The van der Waals surface area contributed by atoms with Gasteiger partial charge in [0.1, 0.15) is 17.4 Å². The van der Waals surface area contributed by atoms with Gasteiger partial charge in [0.25, 0.3) is 0 Å². The van der Waals surface area contributed by atoms with Crippen molar-refractivity contribution < 1.29 is 32.2 Å². The van der Waals surface area contributed by atoms with Gasteiger partial charge in [-0.05, 0) is 29.8 Å². The van der Waals surface area contributed by atoms with Gasteiger partial charge in [0.2, 0.25) is 0 Å². The van der Waals surface area contributed by atoms with E-state index in [-0.39, 0.29) is 23.2 Å². The third-order valence-electron chi connectivity index (χ3n) is 2.99. The van der Waals surface area contributed by atoms with Crippen molar-refractivity contribution >= 4 is 6.29 Å². The van der Waals surface area contributed by atoms with Gasteiger partial charge in [-0.25, -0.2) is 8.78 Å². The van der Waals surface area contributed by atoms with Crippen LogP contribution in [0, 0.1) is 11.6 Å².